The topological polar surface area (TPSA) is 81.9 Å². The van der Waals surface area contributed by atoms with Gasteiger partial charge in [-0.2, -0.15) is 0 Å². The smallest absolute Gasteiger partial charge is 0.230 e. The van der Waals surface area contributed by atoms with E-state index in [1.54, 1.807) is 13.3 Å². The van der Waals surface area contributed by atoms with Crippen LogP contribution in [0.25, 0.3) is 11.4 Å². The lowest BCUT2D eigenvalue weighted by molar-refractivity contribution is -0.118. The van der Waals surface area contributed by atoms with Gasteiger partial charge in [0.25, 0.3) is 0 Å². The molecule has 0 aliphatic rings. The van der Waals surface area contributed by atoms with E-state index in [2.05, 4.69) is 37.2 Å². The van der Waals surface area contributed by atoms with Gasteiger partial charge in [-0.25, -0.2) is 0 Å². The molecule has 4 rings (SSSR count). The van der Waals surface area contributed by atoms with Crippen LogP contribution in [0, 0.1) is 0 Å². The molecule has 0 aliphatic carbocycles. The summed E-state index contributed by atoms with van der Waals surface area (Å²) >= 11 is 1.38. The fourth-order valence-electron chi connectivity index (χ4n) is 3.31. The first-order chi connectivity index (χ1) is 16.2. The maximum atomic E-state index is 12.4. The van der Waals surface area contributed by atoms with Crippen molar-refractivity contribution in [1.82, 2.24) is 25.1 Å². The number of carbonyl (C=O) groups is 1. The summed E-state index contributed by atoms with van der Waals surface area (Å²) in [4.78, 5) is 16.6. The number of benzene rings is 2. The molecule has 0 spiro atoms. The molecule has 7 nitrogen and oxygen atoms in total. The van der Waals surface area contributed by atoms with Crippen LogP contribution < -0.4 is 10.1 Å². The highest BCUT2D eigenvalue weighted by Crippen LogP contribution is 2.26. The number of hydrogen-bond donors (Lipinski definition) is 1. The standard InChI is InChI=1S/C25H25N5O2S/c1-32-22-12-10-20(11-13-22)24-28-29-25(30(24)16-14-19-7-3-2-4-8-19)33-18-23(31)27-17-21-9-5-6-15-26-21/h2-13,15H,14,16-18H2,1H3,(H,27,31). The van der Waals surface area contributed by atoms with E-state index >= 15 is 0 Å². The molecule has 0 saturated heterocycles. The zero-order chi connectivity index (χ0) is 22.9. The van der Waals surface area contributed by atoms with Crippen LogP contribution in [0.1, 0.15) is 11.3 Å². The average molecular weight is 460 g/mol. The number of hydrogen-bond acceptors (Lipinski definition) is 6. The Hall–Kier alpha value is -3.65. The summed E-state index contributed by atoms with van der Waals surface area (Å²) in [5, 5.41) is 12.4. The van der Waals surface area contributed by atoms with Crippen LogP contribution in [0.15, 0.2) is 84.1 Å². The van der Waals surface area contributed by atoms with Crippen LogP contribution in [0.3, 0.4) is 0 Å². The molecule has 0 unspecified atom stereocenters. The third kappa shape index (κ3) is 6.20. The van der Waals surface area contributed by atoms with Crippen LogP contribution in [-0.2, 0) is 24.3 Å². The molecule has 168 valence electrons. The van der Waals surface area contributed by atoms with Gasteiger partial charge in [0.15, 0.2) is 11.0 Å². The zero-order valence-electron chi connectivity index (χ0n) is 18.3. The van der Waals surface area contributed by atoms with E-state index in [-0.39, 0.29) is 11.7 Å². The van der Waals surface area contributed by atoms with Crippen LogP contribution in [-0.4, -0.2) is 38.5 Å². The summed E-state index contributed by atoms with van der Waals surface area (Å²) in [5.41, 5.74) is 3.00. The van der Waals surface area contributed by atoms with Crippen molar-refractivity contribution in [3.05, 3.63) is 90.3 Å². The molecular formula is C25H25N5O2S. The number of aromatic nitrogens is 4. The van der Waals surface area contributed by atoms with E-state index in [1.165, 1.54) is 17.3 Å². The maximum absolute atomic E-state index is 12.4. The van der Waals surface area contributed by atoms with Gasteiger partial charge in [-0.15, -0.1) is 10.2 Å². The molecule has 1 N–H and O–H groups in total. The first-order valence-electron chi connectivity index (χ1n) is 10.6. The fraction of sp³-hybridized carbons (Fsp3) is 0.200. The number of nitrogens with one attached hydrogen (secondary N) is 1. The molecule has 0 aliphatic heterocycles. The summed E-state index contributed by atoms with van der Waals surface area (Å²) in [5.74, 6) is 1.73. The molecule has 2 aromatic carbocycles. The van der Waals surface area contributed by atoms with Crippen molar-refractivity contribution in [2.75, 3.05) is 12.9 Å². The fourth-order valence-corrected chi connectivity index (χ4v) is 4.10. The van der Waals surface area contributed by atoms with Gasteiger partial charge in [0.1, 0.15) is 5.75 Å². The predicted octanol–water partition coefficient (Wildman–Crippen LogP) is 4.00. The number of carbonyl (C=O) groups excluding carboxylic acids is 1. The second-order valence-corrected chi connectivity index (χ2v) is 8.25. The van der Waals surface area contributed by atoms with Gasteiger partial charge in [-0.05, 0) is 48.4 Å². The van der Waals surface area contributed by atoms with Crippen molar-refractivity contribution in [2.45, 2.75) is 24.7 Å². The van der Waals surface area contributed by atoms with Gasteiger partial charge in [0.2, 0.25) is 5.91 Å². The molecule has 0 saturated carbocycles. The highest BCUT2D eigenvalue weighted by Gasteiger charge is 2.16. The number of thioether (sulfide) groups is 1. The van der Waals surface area contributed by atoms with Gasteiger partial charge in [-0.3, -0.25) is 9.78 Å². The van der Waals surface area contributed by atoms with Gasteiger partial charge in [-0.1, -0.05) is 48.2 Å². The van der Waals surface area contributed by atoms with Crippen molar-refractivity contribution < 1.29 is 9.53 Å². The van der Waals surface area contributed by atoms with Crippen LogP contribution in [0.4, 0.5) is 0 Å². The molecule has 0 radical (unpaired) electrons. The van der Waals surface area contributed by atoms with E-state index < -0.39 is 0 Å². The lowest BCUT2D eigenvalue weighted by Gasteiger charge is -2.11. The Bertz CT molecular complexity index is 1160. The third-order valence-electron chi connectivity index (χ3n) is 5.06. The summed E-state index contributed by atoms with van der Waals surface area (Å²) < 4.78 is 7.34. The second-order valence-electron chi connectivity index (χ2n) is 7.31. The maximum Gasteiger partial charge on any atom is 0.230 e. The number of pyridine rings is 1. The lowest BCUT2D eigenvalue weighted by Crippen LogP contribution is -2.25. The first-order valence-corrected chi connectivity index (χ1v) is 11.6. The first kappa shape index (κ1) is 22.5. The Morgan fingerprint density at radius 2 is 1.79 bits per heavy atom. The number of nitrogens with zero attached hydrogens (tertiary/aromatic N) is 4. The summed E-state index contributed by atoms with van der Waals surface area (Å²) in [6.07, 6.45) is 2.55. The minimum absolute atomic E-state index is 0.0748. The summed E-state index contributed by atoms with van der Waals surface area (Å²) in [6.45, 7) is 1.11. The monoisotopic (exact) mass is 459 g/mol. The number of ether oxygens (including phenoxy) is 1. The molecule has 0 bridgehead atoms. The SMILES string of the molecule is COc1ccc(-c2nnc(SCC(=O)NCc3ccccn3)n2CCc2ccccc2)cc1. The van der Waals surface area contributed by atoms with Crippen LogP contribution in [0.5, 0.6) is 5.75 Å². The van der Waals surface area contributed by atoms with Gasteiger partial charge in [0, 0.05) is 18.3 Å². The molecule has 33 heavy (non-hydrogen) atoms. The van der Waals surface area contributed by atoms with Crippen molar-refractivity contribution in [3.63, 3.8) is 0 Å². The molecule has 8 heteroatoms. The molecule has 0 atom stereocenters. The van der Waals surface area contributed by atoms with Gasteiger partial charge in [0.05, 0.1) is 25.1 Å². The molecular weight excluding hydrogens is 434 g/mol. The minimum Gasteiger partial charge on any atom is -0.497 e. The van der Waals surface area contributed by atoms with E-state index in [1.807, 2.05) is 60.7 Å². The predicted molar refractivity (Wildman–Crippen MR) is 129 cm³/mol. The Balaban J connectivity index is 1.47. The van der Waals surface area contributed by atoms with Gasteiger partial charge >= 0.3 is 0 Å². The van der Waals surface area contributed by atoms with Crippen molar-refractivity contribution >= 4 is 17.7 Å². The molecule has 2 aromatic heterocycles. The van der Waals surface area contributed by atoms with Crippen molar-refractivity contribution in [1.29, 1.82) is 0 Å². The number of aryl methyl sites for hydroxylation is 1. The average Bonchev–Trinajstić information content (AvgIpc) is 3.29. The largest absolute Gasteiger partial charge is 0.497 e. The number of rotatable bonds is 10. The molecule has 1 amide bonds. The highest BCUT2D eigenvalue weighted by molar-refractivity contribution is 7.99. The Morgan fingerprint density at radius 3 is 2.52 bits per heavy atom. The lowest BCUT2D eigenvalue weighted by atomic mass is 10.1. The molecule has 0 fully saturated rings. The quantitative estimate of drug-likeness (QED) is 0.361. The van der Waals surface area contributed by atoms with E-state index in [0.717, 1.165) is 29.3 Å². The summed E-state index contributed by atoms with van der Waals surface area (Å²) in [7, 11) is 1.64. The second kappa shape index (κ2) is 11.3. The van der Waals surface area contributed by atoms with E-state index in [9.17, 15) is 4.79 Å². The van der Waals surface area contributed by atoms with Crippen molar-refractivity contribution in [3.8, 4) is 17.1 Å². The number of amides is 1. The number of methoxy groups -OCH3 is 1. The Kier molecular flexibility index (Phi) is 7.71. The van der Waals surface area contributed by atoms with Crippen LogP contribution in [0.2, 0.25) is 0 Å². The van der Waals surface area contributed by atoms with E-state index in [4.69, 9.17) is 4.74 Å². The Labute approximate surface area is 197 Å². The van der Waals surface area contributed by atoms with Gasteiger partial charge < -0.3 is 14.6 Å². The summed E-state index contributed by atoms with van der Waals surface area (Å²) in [6, 6.07) is 23.7. The third-order valence-corrected chi connectivity index (χ3v) is 6.02. The molecule has 2 heterocycles. The van der Waals surface area contributed by atoms with E-state index in [0.29, 0.717) is 18.2 Å². The molecule has 4 aromatic rings. The zero-order valence-corrected chi connectivity index (χ0v) is 19.2. The van der Waals surface area contributed by atoms with Crippen LogP contribution >= 0.6 is 11.8 Å². The highest BCUT2D eigenvalue weighted by atomic mass is 32.2. The Morgan fingerprint density at radius 1 is 1.00 bits per heavy atom. The normalized spacial score (nSPS) is 10.7. The van der Waals surface area contributed by atoms with Crippen molar-refractivity contribution in [2.24, 2.45) is 0 Å². The minimum atomic E-state index is -0.0748.